The van der Waals surface area contributed by atoms with E-state index in [0.29, 0.717) is 12.6 Å². The first-order valence-corrected chi connectivity index (χ1v) is 9.02. The monoisotopic (exact) mass is 465 g/mol. The number of nitrogens with zero attached hydrogens (tertiary/aromatic N) is 3. The molecule has 1 heterocycles. The van der Waals surface area contributed by atoms with Gasteiger partial charge in [0.05, 0.1) is 18.8 Å². The molecular formula is C18H36IN5O. The van der Waals surface area contributed by atoms with Gasteiger partial charge in [-0.15, -0.1) is 24.0 Å². The van der Waals surface area contributed by atoms with E-state index in [1.54, 1.807) is 7.11 Å². The summed E-state index contributed by atoms with van der Waals surface area (Å²) in [6.07, 6.45) is 4.97. The lowest BCUT2D eigenvalue weighted by molar-refractivity contribution is 0.182. The van der Waals surface area contributed by atoms with Crippen molar-refractivity contribution in [3.8, 4) is 0 Å². The molecule has 0 aliphatic carbocycles. The number of ether oxygens (including phenoxy) is 1. The highest BCUT2D eigenvalue weighted by Crippen LogP contribution is 2.12. The van der Waals surface area contributed by atoms with Gasteiger partial charge in [-0.2, -0.15) is 5.10 Å². The molecule has 1 rings (SSSR count). The van der Waals surface area contributed by atoms with E-state index in [-0.39, 0.29) is 24.0 Å². The molecule has 1 atom stereocenters. The van der Waals surface area contributed by atoms with E-state index in [1.807, 2.05) is 11.7 Å². The first kappa shape index (κ1) is 24.2. The van der Waals surface area contributed by atoms with Gasteiger partial charge in [0, 0.05) is 38.0 Å². The molecule has 0 amide bonds. The van der Waals surface area contributed by atoms with Gasteiger partial charge in [-0.25, -0.2) is 0 Å². The lowest BCUT2D eigenvalue weighted by Crippen LogP contribution is -2.42. The van der Waals surface area contributed by atoms with Gasteiger partial charge in [-0.05, 0) is 27.2 Å². The fourth-order valence-electron chi connectivity index (χ4n) is 2.76. The smallest absolute Gasteiger partial charge is 0.191 e. The van der Waals surface area contributed by atoms with Gasteiger partial charge >= 0.3 is 0 Å². The van der Waals surface area contributed by atoms with Crippen LogP contribution in [0.25, 0.3) is 0 Å². The maximum Gasteiger partial charge on any atom is 0.191 e. The van der Waals surface area contributed by atoms with Crippen molar-refractivity contribution in [2.45, 2.75) is 72.5 Å². The average molecular weight is 465 g/mol. The summed E-state index contributed by atoms with van der Waals surface area (Å²) in [6.45, 7) is 10.8. The maximum absolute atomic E-state index is 5.14. The van der Waals surface area contributed by atoms with Crippen molar-refractivity contribution in [1.82, 2.24) is 20.4 Å². The Labute approximate surface area is 170 Å². The Morgan fingerprint density at radius 3 is 2.64 bits per heavy atom. The predicted octanol–water partition coefficient (Wildman–Crippen LogP) is 3.40. The molecule has 1 aromatic heterocycles. The number of unbranched alkanes of at least 4 members (excludes halogenated alkanes) is 2. The van der Waals surface area contributed by atoms with Gasteiger partial charge < -0.3 is 15.4 Å². The molecule has 2 N–H and O–H groups in total. The first-order valence-electron chi connectivity index (χ1n) is 9.02. The van der Waals surface area contributed by atoms with Crippen molar-refractivity contribution in [2.75, 3.05) is 20.8 Å². The molecule has 6 nitrogen and oxygen atoms in total. The molecule has 0 saturated heterocycles. The van der Waals surface area contributed by atoms with E-state index in [2.05, 4.69) is 48.4 Å². The molecule has 0 saturated carbocycles. The van der Waals surface area contributed by atoms with Gasteiger partial charge in [0.2, 0.25) is 0 Å². The van der Waals surface area contributed by atoms with Crippen LogP contribution in [-0.2, 0) is 17.8 Å². The second-order valence-corrected chi connectivity index (χ2v) is 6.33. The molecule has 0 aromatic carbocycles. The molecule has 0 spiro atoms. The number of halogens is 1. The molecule has 25 heavy (non-hydrogen) atoms. The van der Waals surface area contributed by atoms with E-state index in [9.17, 15) is 0 Å². The third-order valence-electron chi connectivity index (χ3n) is 4.32. The Kier molecular flexibility index (Phi) is 12.9. The fraction of sp³-hybridized carbons (Fsp3) is 0.778. The summed E-state index contributed by atoms with van der Waals surface area (Å²) in [7, 11) is 3.53. The summed E-state index contributed by atoms with van der Waals surface area (Å²) >= 11 is 0. The SMILES string of the molecule is CCCCCC(C)NC(=NC)NCc1c(C)nn(CCOC)c1C.I. The van der Waals surface area contributed by atoms with Gasteiger partial charge in [0.25, 0.3) is 0 Å². The third-order valence-corrected chi connectivity index (χ3v) is 4.32. The minimum absolute atomic E-state index is 0. The van der Waals surface area contributed by atoms with E-state index in [1.165, 1.54) is 36.9 Å². The summed E-state index contributed by atoms with van der Waals surface area (Å²) in [5, 5.41) is 11.5. The van der Waals surface area contributed by atoms with Crippen molar-refractivity contribution in [1.29, 1.82) is 0 Å². The summed E-state index contributed by atoms with van der Waals surface area (Å²) in [4.78, 5) is 4.33. The van der Waals surface area contributed by atoms with Crippen LogP contribution in [0.3, 0.4) is 0 Å². The molecular weight excluding hydrogens is 429 g/mol. The quantitative estimate of drug-likeness (QED) is 0.241. The topological polar surface area (TPSA) is 63.5 Å². The van der Waals surface area contributed by atoms with Crippen molar-refractivity contribution >= 4 is 29.9 Å². The Balaban J connectivity index is 0.00000576. The van der Waals surface area contributed by atoms with Gasteiger partial charge in [0.1, 0.15) is 0 Å². The number of methoxy groups -OCH3 is 1. The van der Waals surface area contributed by atoms with Gasteiger partial charge in [0.15, 0.2) is 5.96 Å². The van der Waals surface area contributed by atoms with Crippen molar-refractivity contribution < 1.29 is 4.74 Å². The number of aryl methyl sites for hydroxylation is 1. The normalized spacial score (nSPS) is 12.6. The zero-order valence-corrected chi connectivity index (χ0v) is 19.0. The van der Waals surface area contributed by atoms with E-state index < -0.39 is 0 Å². The van der Waals surface area contributed by atoms with Gasteiger partial charge in [-0.3, -0.25) is 9.67 Å². The molecule has 1 unspecified atom stereocenters. The molecule has 146 valence electrons. The molecule has 7 heteroatoms. The van der Waals surface area contributed by atoms with Crippen LogP contribution >= 0.6 is 24.0 Å². The van der Waals surface area contributed by atoms with E-state index in [4.69, 9.17) is 4.74 Å². The number of aliphatic imine (C=N–C) groups is 1. The summed E-state index contributed by atoms with van der Waals surface area (Å²) in [5.74, 6) is 0.849. The lowest BCUT2D eigenvalue weighted by Gasteiger charge is -2.18. The van der Waals surface area contributed by atoms with Crippen molar-refractivity contribution in [3.05, 3.63) is 17.0 Å². The maximum atomic E-state index is 5.14. The zero-order valence-electron chi connectivity index (χ0n) is 16.7. The van der Waals surface area contributed by atoms with Crippen LogP contribution in [0.5, 0.6) is 0 Å². The highest BCUT2D eigenvalue weighted by Gasteiger charge is 2.12. The van der Waals surface area contributed by atoms with E-state index in [0.717, 1.165) is 24.7 Å². The van der Waals surface area contributed by atoms with Crippen LogP contribution in [0, 0.1) is 13.8 Å². The molecule has 0 radical (unpaired) electrons. The largest absolute Gasteiger partial charge is 0.383 e. The first-order chi connectivity index (χ1) is 11.5. The highest BCUT2D eigenvalue weighted by atomic mass is 127. The Hall–Kier alpha value is -0.830. The number of hydrogen-bond acceptors (Lipinski definition) is 3. The molecule has 0 aliphatic heterocycles. The lowest BCUT2D eigenvalue weighted by atomic mass is 10.1. The second kappa shape index (κ2) is 13.4. The highest BCUT2D eigenvalue weighted by molar-refractivity contribution is 14.0. The Morgan fingerprint density at radius 1 is 1.32 bits per heavy atom. The summed E-state index contributed by atoms with van der Waals surface area (Å²) in [6, 6.07) is 0.425. The van der Waals surface area contributed by atoms with Crippen LogP contribution in [-0.4, -0.2) is 42.5 Å². The summed E-state index contributed by atoms with van der Waals surface area (Å²) < 4.78 is 7.16. The van der Waals surface area contributed by atoms with Crippen molar-refractivity contribution in [3.63, 3.8) is 0 Å². The van der Waals surface area contributed by atoms with Crippen LogP contribution in [0.1, 0.15) is 56.5 Å². The number of hydrogen-bond donors (Lipinski definition) is 2. The summed E-state index contributed by atoms with van der Waals surface area (Å²) in [5.41, 5.74) is 3.47. The van der Waals surface area contributed by atoms with Crippen LogP contribution in [0.15, 0.2) is 4.99 Å². The Morgan fingerprint density at radius 2 is 2.04 bits per heavy atom. The third kappa shape index (κ3) is 8.40. The van der Waals surface area contributed by atoms with Gasteiger partial charge in [-0.1, -0.05) is 26.2 Å². The minimum Gasteiger partial charge on any atom is -0.383 e. The molecule has 0 bridgehead atoms. The number of guanidine groups is 1. The fourth-order valence-corrected chi connectivity index (χ4v) is 2.76. The standard InChI is InChI=1S/C18H35N5O.HI/c1-7-8-9-10-14(2)21-18(19-5)20-13-17-15(3)22-23(16(17)4)11-12-24-6;/h14H,7-13H2,1-6H3,(H2,19,20,21);1H. The molecule has 0 fully saturated rings. The zero-order chi connectivity index (χ0) is 17.9. The second-order valence-electron chi connectivity index (χ2n) is 6.33. The van der Waals surface area contributed by atoms with E-state index >= 15 is 0 Å². The number of rotatable bonds is 10. The van der Waals surface area contributed by atoms with Crippen molar-refractivity contribution in [2.24, 2.45) is 4.99 Å². The number of aromatic nitrogens is 2. The molecule has 1 aromatic rings. The minimum atomic E-state index is 0. The average Bonchev–Trinajstić information content (AvgIpc) is 2.83. The predicted molar refractivity (Wildman–Crippen MR) is 116 cm³/mol. The van der Waals surface area contributed by atoms with Crippen LogP contribution in [0.2, 0.25) is 0 Å². The molecule has 0 aliphatic rings. The number of nitrogens with one attached hydrogen (secondary N) is 2. The van der Waals surface area contributed by atoms with Crippen LogP contribution < -0.4 is 10.6 Å². The Bertz CT molecular complexity index is 516. The van der Waals surface area contributed by atoms with Crippen LogP contribution in [0.4, 0.5) is 0 Å².